The van der Waals surface area contributed by atoms with Gasteiger partial charge in [-0.2, -0.15) is 0 Å². The van der Waals surface area contributed by atoms with E-state index < -0.39 is 257 Å². The van der Waals surface area contributed by atoms with Gasteiger partial charge in [0.15, 0.2) is 0 Å². The highest BCUT2D eigenvalue weighted by Crippen LogP contribution is 2.49. The van der Waals surface area contributed by atoms with Crippen molar-refractivity contribution in [3.05, 3.63) is 169 Å². The average Bonchev–Trinajstić information content (AvgIpc) is 3.76. The monoisotopic (exact) mass is 600 g/mol. The summed E-state index contributed by atoms with van der Waals surface area (Å²) >= 11 is 0. The number of para-hydroxylation sites is 1. The van der Waals surface area contributed by atoms with E-state index in [9.17, 15) is 12.3 Å². The summed E-state index contributed by atoms with van der Waals surface area (Å²) in [4.78, 5) is 0. The van der Waals surface area contributed by atoms with Crippen LogP contribution in [0.5, 0.6) is 0 Å². The molecule has 1 aromatic heterocycles. The maximum atomic E-state index is 9.85. The highest BCUT2D eigenvalue weighted by molar-refractivity contribution is 6.27. The maximum Gasteiger partial charge on any atom is 0.143 e. The highest BCUT2D eigenvalue weighted by atomic mass is 16.3. The minimum atomic E-state index is -1.09. The van der Waals surface area contributed by atoms with E-state index in [2.05, 4.69) is 0 Å². The summed E-state index contributed by atoms with van der Waals surface area (Å²) in [6.07, 6.45) is 0. The second kappa shape index (κ2) is 10.4. The Labute approximate surface area is 301 Å². The fourth-order valence-corrected chi connectivity index (χ4v) is 5.41. The molecule has 0 bridgehead atoms. The molecule has 0 atom stereocenters. The molecule has 1 heterocycles. The Morgan fingerprint density at radius 3 is 1.36 bits per heavy atom. The molecule has 0 N–H and O–H groups in total. The third kappa shape index (κ3) is 4.02. The Balaban J connectivity index is 1.70. The number of furan rings is 1. The Morgan fingerprint density at radius 2 is 0.756 bits per heavy atom. The van der Waals surface area contributed by atoms with Crippen LogP contribution < -0.4 is 0 Å². The molecule has 9 aromatic rings. The summed E-state index contributed by atoms with van der Waals surface area (Å²) in [5.41, 5.74) is -7.88. The standard InChI is InChI=1S/C44H28O/c1-3-15-29(16-4-1)31-19-7-8-20-33(31)41-34-21-9-11-23-36(34)42(37-24-12-10-22-35(37)41)39-28-27-32(30-17-5-2-6-18-30)44-43(39)38-25-13-14-26-40(38)45-44/h1-28H/i1D,2D,3D,4D,5D,6D,7D,8D,9D,10D,11D,12D,13D,14D,15D,16D,17D,18D,19D,20D,21D,22D,23D,24D,25D,26D,27D,28D. The van der Waals surface area contributed by atoms with Crippen LogP contribution in [0.25, 0.3) is 88.0 Å². The predicted molar refractivity (Wildman–Crippen MR) is 190 cm³/mol. The van der Waals surface area contributed by atoms with Gasteiger partial charge in [0, 0.05) is 16.3 Å². The van der Waals surface area contributed by atoms with Crippen molar-refractivity contribution in [1.82, 2.24) is 0 Å². The smallest absolute Gasteiger partial charge is 0.143 e. The minimum Gasteiger partial charge on any atom is -0.455 e. The zero-order chi connectivity index (χ0) is 54.1. The van der Waals surface area contributed by atoms with Gasteiger partial charge in [-0.05, 0) is 72.6 Å². The molecule has 0 aliphatic heterocycles. The topological polar surface area (TPSA) is 13.1 Å². The lowest BCUT2D eigenvalue weighted by Gasteiger charge is -2.20. The molecule has 0 saturated carbocycles. The minimum absolute atomic E-state index is 0.606. The summed E-state index contributed by atoms with van der Waals surface area (Å²) in [7, 11) is 0. The summed E-state index contributed by atoms with van der Waals surface area (Å²) in [5.74, 6) is 0. The SMILES string of the molecule is [2H]c1c([2H])c([2H])c(-c2c([2H])c([2H])c([2H])c([2H])c2-c2c3c([2H])c([2H])c([2H])c([2H])c3c(-c3c([2H])c([2H])c(-c4c([2H])c([2H])c([2H])c([2H])c4[2H])c4oc5c([2H])c([2H])c([2H])c([2H])c5c34)c3c([2H])c([2H])c([2H])c([2H])c23)c([2H])c1[2H]. The Hall–Kier alpha value is -5.92. The number of hydrogen-bond donors (Lipinski definition) is 0. The Kier molecular flexibility index (Phi) is 2.32. The Bertz CT molecular complexity index is 3980. The van der Waals surface area contributed by atoms with Crippen LogP contribution in [0, 0.1) is 0 Å². The van der Waals surface area contributed by atoms with E-state index in [0.29, 0.717) is 0 Å². The number of benzene rings is 8. The lowest BCUT2D eigenvalue weighted by atomic mass is 9.83. The van der Waals surface area contributed by atoms with Gasteiger partial charge in [-0.1, -0.05) is 157 Å². The number of hydrogen-bond acceptors (Lipinski definition) is 1. The van der Waals surface area contributed by atoms with E-state index in [1.165, 1.54) is 0 Å². The maximum absolute atomic E-state index is 9.85. The first kappa shape index (κ1) is 10.1. The molecule has 0 aliphatic carbocycles. The van der Waals surface area contributed by atoms with Crippen molar-refractivity contribution in [2.45, 2.75) is 0 Å². The molecule has 210 valence electrons. The lowest BCUT2D eigenvalue weighted by Crippen LogP contribution is -1.93. The normalized spacial score (nSPS) is 20.3. The van der Waals surface area contributed by atoms with Crippen LogP contribution in [0.4, 0.5) is 0 Å². The molecule has 0 radical (unpaired) electrons. The van der Waals surface area contributed by atoms with Crippen molar-refractivity contribution >= 4 is 43.5 Å². The van der Waals surface area contributed by atoms with Gasteiger partial charge in [-0.25, -0.2) is 0 Å². The van der Waals surface area contributed by atoms with Gasteiger partial charge in [0.05, 0.1) is 38.4 Å². The second-order valence-corrected chi connectivity index (χ2v) is 9.51. The summed E-state index contributed by atoms with van der Waals surface area (Å²) in [5, 5.41) is -4.50. The van der Waals surface area contributed by atoms with Crippen LogP contribution in [0.15, 0.2) is 174 Å². The van der Waals surface area contributed by atoms with Gasteiger partial charge in [-0.15, -0.1) is 0 Å². The van der Waals surface area contributed by atoms with E-state index in [4.69, 9.17) is 30.5 Å². The van der Waals surface area contributed by atoms with Gasteiger partial charge in [0.1, 0.15) is 11.2 Å². The molecule has 45 heavy (non-hydrogen) atoms. The Morgan fingerprint density at radius 1 is 0.333 bits per heavy atom. The third-order valence-electron chi connectivity index (χ3n) is 7.19. The molecule has 1 heteroatoms. The first-order chi connectivity index (χ1) is 34.0. The van der Waals surface area contributed by atoms with Crippen molar-refractivity contribution in [2.24, 2.45) is 0 Å². The molecule has 1 nitrogen and oxygen atoms in total. The molecule has 0 saturated heterocycles. The lowest BCUT2D eigenvalue weighted by molar-refractivity contribution is 0.670. The van der Waals surface area contributed by atoms with Crippen LogP contribution in [0.3, 0.4) is 0 Å². The molecular formula is C44H28O. The molecule has 0 spiro atoms. The molecule has 0 unspecified atom stereocenters. The fraction of sp³-hybridized carbons (Fsp3) is 0. The summed E-state index contributed by atoms with van der Waals surface area (Å²) in [6.45, 7) is 0. The van der Waals surface area contributed by atoms with Gasteiger partial charge in [0.25, 0.3) is 0 Å². The van der Waals surface area contributed by atoms with Crippen molar-refractivity contribution < 1.29 is 42.8 Å². The van der Waals surface area contributed by atoms with E-state index in [1.807, 2.05) is 0 Å². The van der Waals surface area contributed by atoms with Crippen LogP contribution in [0.1, 0.15) is 38.4 Å². The molecule has 0 fully saturated rings. The van der Waals surface area contributed by atoms with Gasteiger partial charge in [0.2, 0.25) is 0 Å². The second-order valence-electron chi connectivity index (χ2n) is 9.51. The van der Waals surface area contributed by atoms with Gasteiger partial charge in [-0.3, -0.25) is 0 Å². The van der Waals surface area contributed by atoms with Crippen molar-refractivity contribution in [3.8, 4) is 44.5 Å². The number of fused-ring (bicyclic) bond motifs is 5. The third-order valence-corrected chi connectivity index (χ3v) is 7.19. The zero-order valence-corrected chi connectivity index (χ0v) is 22.4. The molecule has 8 aromatic carbocycles. The van der Waals surface area contributed by atoms with Crippen LogP contribution in [-0.4, -0.2) is 0 Å². The summed E-state index contributed by atoms with van der Waals surface area (Å²) < 4.78 is 257. The van der Waals surface area contributed by atoms with E-state index >= 15 is 0 Å². The zero-order valence-electron chi connectivity index (χ0n) is 50.4. The predicted octanol–water partition coefficient (Wildman–Crippen LogP) is 12.6. The van der Waals surface area contributed by atoms with Crippen LogP contribution in [0.2, 0.25) is 0 Å². The van der Waals surface area contributed by atoms with Crippen molar-refractivity contribution in [3.63, 3.8) is 0 Å². The van der Waals surface area contributed by atoms with Gasteiger partial charge < -0.3 is 4.42 Å². The largest absolute Gasteiger partial charge is 0.455 e. The molecule has 0 amide bonds. The van der Waals surface area contributed by atoms with Crippen LogP contribution in [-0.2, 0) is 0 Å². The first-order valence-corrected chi connectivity index (χ1v) is 13.2. The quantitative estimate of drug-likeness (QED) is 0.183. The molecule has 0 aliphatic rings. The molecule has 9 rings (SSSR count). The van der Waals surface area contributed by atoms with E-state index in [1.54, 1.807) is 0 Å². The van der Waals surface area contributed by atoms with Gasteiger partial charge >= 0.3 is 0 Å². The van der Waals surface area contributed by atoms with Crippen LogP contribution >= 0.6 is 0 Å². The highest BCUT2D eigenvalue weighted by Gasteiger charge is 2.22. The van der Waals surface area contributed by atoms with Crippen molar-refractivity contribution in [1.29, 1.82) is 0 Å². The first-order valence-electron chi connectivity index (χ1n) is 27.2. The summed E-state index contributed by atoms with van der Waals surface area (Å²) in [6, 6.07) is -27.8. The van der Waals surface area contributed by atoms with E-state index in [-0.39, 0.29) is 0 Å². The number of rotatable bonds is 4. The fourth-order valence-electron chi connectivity index (χ4n) is 5.41. The van der Waals surface area contributed by atoms with E-state index in [0.717, 1.165) is 0 Å². The molecular weight excluding hydrogens is 544 g/mol. The average molecular weight is 601 g/mol. The van der Waals surface area contributed by atoms with Crippen molar-refractivity contribution in [2.75, 3.05) is 0 Å².